The molecule has 20 heavy (non-hydrogen) atoms. The number of benzene rings is 1. The zero-order valence-corrected chi connectivity index (χ0v) is 11.6. The van der Waals surface area contributed by atoms with E-state index in [1.165, 1.54) is 19.2 Å². The summed E-state index contributed by atoms with van der Waals surface area (Å²) in [5.74, 6) is -0.675. The fraction of sp³-hybridized carbons (Fsp3) is 0.167. The van der Waals surface area contributed by atoms with Crippen LogP contribution in [0.2, 0.25) is 5.02 Å². The Labute approximate surface area is 121 Å². The fourth-order valence-electron chi connectivity index (χ4n) is 1.52. The first-order valence-electron chi connectivity index (χ1n) is 5.25. The van der Waals surface area contributed by atoms with Gasteiger partial charge in [0.15, 0.2) is 4.88 Å². The van der Waals surface area contributed by atoms with Crippen molar-refractivity contribution in [2.45, 2.75) is 6.18 Å². The number of carbonyl (C=O) groups is 1. The Hall–Kier alpha value is -1.60. The Morgan fingerprint density at radius 1 is 1.40 bits per heavy atom. The summed E-state index contributed by atoms with van der Waals surface area (Å²) >= 11 is 6.74. The molecular weight excluding hydrogens is 315 g/mol. The summed E-state index contributed by atoms with van der Waals surface area (Å²) in [6.45, 7) is 0. The second-order valence-electron chi connectivity index (χ2n) is 3.74. The smallest absolute Gasteiger partial charge is 0.416 e. The van der Waals surface area contributed by atoms with Gasteiger partial charge in [-0.2, -0.15) is 17.5 Å². The average Bonchev–Trinajstić information content (AvgIpc) is 2.79. The number of hydrogen-bond acceptors (Lipinski definition) is 4. The topological polar surface area (TPSA) is 39.2 Å². The van der Waals surface area contributed by atoms with Gasteiger partial charge in [-0.3, -0.25) is 0 Å². The molecule has 0 fully saturated rings. The molecule has 0 aliphatic rings. The molecule has 0 unspecified atom stereocenters. The molecule has 2 rings (SSSR count). The molecule has 0 radical (unpaired) electrons. The van der Waals surface area contributed by atoms with Crippen LogP contribution >= 0.6 is 23.1 Å². The van der Waals surface area contributed by atoms with Crippen molar-refractivity contribution in [3.05, 3.63) is 39.7 Å². The summed E-state index contributed by atoms with van der Waals surface area (Å²) in [6.07, 6.45) is -4.45. The van der Waals surface area contributed by atoms with Gasteiger partial charge in [0.25, 0.3) is 0 Å². The lowest BCUT2D eigenvalue weighted by atomic mass is 10.1. The van der Waals surface area contributed by atoms with Gasteiger partial charge in [0.2, 0.25) is 0 Å². The number of hydrogen-bond donors (Lipinski definition) is 0. The number of alkyl halides is 3. The van der Waals surface area contributed by atoms with Crippen molar-refractivity contribution in [3.63, 3.8) is 0 Å². The lowest BCUT2D eigenvalue weighted by Crippen LogP contribution is -2.04. The molecule has 8 heteroatoms. The molecule has 1 aromatic carbocycles. The number of rotatable bonds is 2. The van der Waals surface area contributed by atoms with Crippen LogP contribution in [0, 0.1) is 0 Å². The molecular formula is C12H7ClF3NO2S. The van der Waals surface area contributed by atoms with Crippen LogP contribution in [0.15, 0.2) is 24.3 Å². The Balaban J connectivity index is 2.48. The summed E-state index contributed by atoms with van der Waals surface area (Å²) in [5, 5.41) is -0.0128. The van der Waals surface area contributed by atoms with Crippen LogP contribution in [0.25, 0.3) is 11.3 Å². The third-order valence-electron chi connectivity index (χ3n) is 2.47. The van der Waals surface area contributed by atoms with Crippen molar-refractivity contribution >= 4 is 29.1 Å². The maximum Gasteiger partial charge on any atom is 0.416 e. The lowest BCUT2D eigenvalue weighted by molar-refractivity contribution is -0.137. The zero-order chi connectivity index (χ0) is 14.9. The number of ether oxygens (including phenoxy) is 1. The van der Waals surface area contributed by atoms with Crippen LogP contribution in [0.3, 0.4) is 0 Å². The second kappa shape index (κ2) is 5.41. The first kappa shape index (κ1) is 14.8. The third-order valence-corrected chi connectivity index (χ3v) is 3.78. The SMILES string of the molecule is COC(=O)c1snc(-c2cccc(C(F)(F)F)c2)c1Cl. The van der Waals surface area contributed by atoms with Crippen molar-refractivity contribution in [3.8, 4) is 11.3 Å². The molecule has 3 nitrogen and oxygen atoms in total. The molecule has 106 valence electrons. The zero-order valence-electron chi connectivity index (χ0n) is 9.99. The summed E-state index contributed by atoms with van der Waals surface area (Å²) in [5.41, 5.74) is -0.488. The highest BCUT2D eigenvalue weighted by Crippen LogP contribution is 2.36. The van der Waals surface area contributed by atoms with E-state index < -0.39 is 17.7 Å². The van der Waals surface area contributed by atoms with Crippen molar-refractivity contribution in [2.24, 2.45) is 0 Å². The highest BCUT2D eigenvalue weighted by Gasteiger charge is 2.31. The summed E-state index contributed by atoms with van der Waals surface area (Å²) in [6, 6.07) is 4.58. The van der Waals surface area contributed by atoms with Crippen LogP contribution in [0.5, 0.6) is 0 Å². The number of esters is 1. The van der Waals surface area contributed by atoms with Crippen LogP contribution < -0.4 is 0 Å². The minimum atomic E-state index is -4.45. The number of halogens is 4. The monoisotopic (exact) mass is 321 g/mol. The van der Waals surface area contributed by atoms with Gasteiger partial charge in [0, 0.05) is 5.56 Å². The van der Waals surface area contributed by atoms with Crippen molar-refractivity contribution in [1.29, 1.82) is 0 Å². The van der Waals surface area contributed by atoms with Gasteiger partial charge in [0.05, 0.1) is 17.7 Å². The van der Waals surface area contributed by atoms with E-state index in [0.29, 0.717) is 0 Å². The van der Waals surface area contributed by atoms with Crippen LogP contribution in [0.4, 0.5) is 13.2 Å². The predicted octanol–water partition coefficient (Wildman–Crippen LogP) is 4.27. The van der Waals surface area contributed by atoms with E-state index in [4.69, 9.17) is 11.6 Å². The van der Waals surface area contributed by atoms with E-state index in [0.717, 1.165) is 23.7 Å². The van der Waals surface area contributed by atoms with Gasteiger partial charge >= 0.3 is 12.1 Å². The van der Waals surface area contributed by atoms with E-state index in [2.05, 4.69) is 9.11 Å². The number of methoxy groups -OCH3 is 1. The number of aromatic nitrogens is 1. The highest BCUT2D eigenvalue weighted by atomic mass is 35.5. The van der Waals surface area contributed by atoms with Gasteiger partial charge in [-0.05, 0) is 23.7 Å². The molecule has 1 heterocycles. The van der Waals surface area contributed by atoms with Gasteiger partial charge in [-0.25, -0.2) is 4.79 Å². The molecule has 0 atom stereocenters. The van der Waals surface area contributed by atoms with Gasteiger partial charge in [-0.1, -0.05) is 23.7 Å². The Morgan fingerprint density at radius 2 is 2.10 bits per heavy atom. The molecule has 0 saturated heterocycles. The lowest BCUT2D eigenvalue weighted by Gasteiger charge is -2.07. The Bertz CT molecular complexity index is 654. The number of nitrogens with zero attached hydrogens (tertiary/aromatic N) is 1. The van der Waals surface area contributed by atoms with E-state index in [1.807, 2.05) is 0 Å². The molecule has 2 aromatic rings. The van der Waals surface area contributed by atoms with Gasteiger partial charge in [-0.15, -0.1) is 0 Å². The summed E-state index contributed by atoms with van der Waals surface area (Å²) < 4.78 is 46.4. The van der Waals surface area contributed by atoms with E-state index >= 15 is 0 Å². The Morgan fingerprint density at radius 3 is 2.70 bits per heavy atom. The molecule has 1 aromatic heterocycles. The van der Waals surface area contributed by atoms with Gasteiger partial charge < -0.3 is 4.74 Å². The molecule has 0 spiro atoms. The predicted molar refractivity (Wildman–Crippen MR) is 68.9 cm³/mol. The normalized spacial score (nSPS) is 11.4. The molecule has 0 amide bonds. The van der Waals surface area contributed by atoms with Gasteiger partial charge in [0.1, 0.15) is 5.69 Å². The highest BCUT2D eigenvalue weighted by molar-refractivity contribution is 7.09. The summed E-state index contributed by atoms with van der Waals surface area (Å²) in [4.78, 5) is 11.4. The quantitative estimate of drug-likeness (QED) is 0.775. The standard InChI is InChI=1S/C12H7ClF3NO2S/c1-19-11(18)10-8(13)9(17-20-10)6-3-2-4-7(5-6)12(14,15)16/h2-5H,1H3. The minimum absolute atomic E-state index is 0.0128. The molecule has 0 saturated carbocycles. The van der Waals surface area contributed by atoms with Crippen molar-refractivity contribution < 1.29 is 22.7 Å². The van der Waals surface area contributed by atoms with Crippen molar-refractivity contribution in [2.75, 3.05) is 7.11 Å². The number of carbonyl (C=O) groups excluding carboxylic acids is 1. The van der Waals surface area contributed by atoms with Crippen LogP contribution in [-0.4, -0.2) is 17.5 Å². The summed E-state index contributed by atoms with van der Waals surface area (Å²) in [7, 11) is 1.18. The van der Waals surface area contributed by atoms with E-state index in [-0.39, 0.29) is 21.2 Å². The minimum Gasteiger partial charge on any atom is -0.465 e. The average molecular weight is 322 g/mol. The maximum atomic E-state index is 12.6. The van der Waals surface area contributed by atoms with Crippen molar-refractivity contribution in [1.82, 2.24) is 4.37 Å². The fourth-order valence-corrected chi connectivity index (χ4v) is 2.62. The van der Waals surface area contributed by atoms with E-state index in [9.17, 15) is 18.0 Å². The molecule has 0 bridgehead atoms. The largest absolute Gasteiger partial charge is 0.465 e. The second-order valence-corrected chi connectivity index (χ2v) is 4.90. The first-order chi connectivity index (χ1) is 9.34. The molecule has 0 aliphatic heterocycles. The molecule has 0 N–H and O–H groups in total. The van der Waals surface area contributed by atoms with E-state index in [1.54, 1.807) is 0 Å². The van der Waals surface area contributed by atoms with Crippen LogP contribution in [0.1, 0.15) is 15.2 Å². The first-order valence-corrected chi connectivity index (χ1v) is 6.41. The third kappa shape index (κ3) is 2.78. The van der Waals surface area contributed by atoms with Crippen LogP contribution in [-0.2, 0) is 10.9 Å². The molecule has 0 aliphatic carbocycles. The Kier molecular flexibility index (Phi) is 4.01. The maximum absolute atomic E-state index is 12.6.